The molecule has 3 heteroatoms. The number of hydrogen-bond donors (Lipinski definition) is 2. The molecule has 1 aromatic carbocycles. The lowest BCUT2D eigenvalue weighted by molar-refractivity contribution is 0.305. The average molecular weight is 237 g/mol. The van der Waals surface area contributed by atoms with E-state index in [0.29, 0.717) is 6.54 Å². The van der Waals surface area contributed by atoms with E-state index in [0.717, 1.165) is 24.5 Å². The molecule has 0 saturated heterocycles. The number of aliphatic hydroxyl groups excluding tert-OH is 1. The number of benzene rings is 1. The molecule has 0 aromatic heterocycles. The first-order chi connectivity index (χ1) is 8.36. The highest BCUT2D eigenvalue weighted by Gasteiger charge is 1.95. The van der Waals surface area contributed by atoms with Crippen molar-refractivity contribution >= 4 is 5.69 Å². The topological polar surface area (TPSA) is 41.5 Å². The maximum Gasteiger partial charge on any atom is 0.119 e. The lowest BCUT2D eigenvalue weighted by Gasteiger charge is -2.08. The van der Waals surface area contributed by atoms with Crippen LogP contribution in [0.3, 0.4) is 0 Å². The summed E-state index contributed by atoms with van der Waals surface area (Å²) in [5.41, 5.74) is 1.01. The molecule has 1 rings (SSSR count). The molecule has 0 spiro atoms. The third kappa shape index (κ3) is 6.17. The number of anilines is 1. The molecule has 3 nitrogen and oxygen atoms in total. The lowest BCUT2D eigenvalue weighted by Crippen LogP contribution is -2.05. The summed E-state index contributed by atoms with van der Waals surface area (Å²) >= 11 is 0. The van der Waals surface area contributed by atoms with Crippen molar-refractivity contribution in [1.29, 1.82) is 0 Å². The van der Waals surface area contributed by atoms with E-state index in [2.05, 4.69) is 12.2 Å². The van der Waals surface area contributed by atoms with E-state index in [9.17, 15) is 0 Å². The number of ether oxygens (including phenoxy) is 1. The third-order valence-corrected chi connectivity index (χ3v) is 2.56. The van der Waals surface area contributed by atoms with E-state index in [1.807, 2.05) is 24.3 Å². The molecule has 96 valence electrons. The first-order valence-corrected chi connectivity index (χ1v) is 6.44. The number of unbranched alkanes of at least 4 members (excludes halogenated alkanes) is 3. The first kappa shape index (κ1) is 13.8. The Labute approximate surface area is 104 Å². The van der Waals surface area contributed by atoms with Gasteiger partial charge in [-0.05, 0) is 30.7 Å². The summed E-state index contributed by atoms with van der Waals surface area (Å²) in [6.45, 7) is 3.73. The van der Waals surface area contributed by atoms with E-state index in [1.54, 1.807) is 0 Å². The lowest BCUT2D eigenvalue weighted by atomic mass is 10.2. The fourth-order valence-corrected chi connectivity index (χ4v) is 1.59. The predicted octanol–water partition coefficient (Wildman–Crippen LogP) is 3.05. The van der Waals surface area contributed by atoms with Crippen LogP contribution in [0.2, 0.25) is 0 Å². The molecule has 0 aliphatic carbocycles. The molecule has 0 bridgehead atoms. The number of aliphatic hydroxyl groups is 1. The summed E-state index contributed by atoms with van der Waals surface area (Å²) < 4.78 is 5.63. The van der Waals surface area contributed by atoms with Gasteiger partial charge in [-0.1, -0.05) is 26.2 Å². The standard InChI is InChI=1S/C14H23NO2/c1-2-3-4-5-12-17-14-8-6-13(7-9-14)15-10-11-16/h6-9,15-16H,2-5,10-12H2,1H3. The monoisotopic (exact) mass is 237 g/mol. The van der Waals surface area contributed by atoms with Crippen molar-refractivity contribution in [3.8, 4) is 5.75 Å². The van der Waals surface area contributed by atoms with Gasteiger partial charge in [0.2, 0.25) is 0 Å². The van der Waals surface area contributed by atoms with E-state index < -0.39 is 0 Å². The zero-order chi connectivity index (χ0) is 12.3. The van der Waals surface area contributed by atoms with Crippen molar-refractivity contribution in [2.45, 2.75) is 32.6 Å². The van der Waals surface area contributed by atoms with Crippen LogP contribution in [-0.4, -0.2) is 24.9 Å². The van der Waals surface area contributed by atoms with E-state index in [1.165, 1.54) is 19.3 Å². The largest absolute Gasteiger partial charge is 0.494 e. The van der Waals surface area contributed by atoms with Crippen molar-refractivity contribution in [1.82, 2.24) is 0 Å². The van der Waals surface area contributed by atoms with Crippen molar-refractivity contribution in [2.24, 2.45) is 0 Å². The highest BCUT2D eigenvalue weighted by molar-refractivity contribution is 5.46. The van der Waals surface area contributed by atoms with Gasteiger partial charge in [0.1, 0.15) is 5.75 Å². The Bertz CT molecular complexity index is 285. The van der Waals surface area contributed by atoms with E-state index >= 15 is 0 Å². The van der Waals surface area contributed by atoms with Crippen LogP contribution in [-0.2, 0) is 0 Å². The Morgan fingerprint density at radius 1 is 1.12 bits per heavy atom. The molecular weight excluding hydrogens is 214 g/mol. The molecule has 0 heterocycles. The number of nitrogens with one attached hydrogen (secondary N) is 1. The summed E-state index contributed by atoms with van der Waals surface area (Å²) in [5.74, 6) is 0.913. The van der Waals surface area contributed by atoms with Gasteiger partial charge < -0.3 is 15.2 Å². The number of rotatable bonds is 9. The molecule has 0 unspecified atom stereocenters. The zero-order valence-corrected chi connectivity index (χ0v) is 10.6. The zero-order valence-electron chi connectivity index (χ0n) is 10.6. The van der Waals surface area contributed by atoms with Crippen LogP contribution in [0.5, 0.6) is 5.75 Å². The van der Waals surface area contributed by atoms with Crippen LogP contribution >= 0.6 is 0 Å². The van der Waals surface area contributed by atoms with Crippen molar-refractivity contribution < 1.29 is 9.84 Å². The molecule has 2 N–H and O–H groups in total. The Morgan fingerprint density at radius 2 is 1.88 bits per heavy atom. The van der Waals surface area contributed by atoms with Gasteiger partial charge in [-0.2, -0.15) is 0 Å². The van der Waals surface area contributed by atoms with Gasteiger partial charge in [-0.3, -0.25) is 0 Å². The van der Waals surface area contributed by atoms with Gasteiger partial charge >= 0.3 is 0 Å². The summed E-state index contributed by atoms with van der Waals surface area (Å²) in [4.78, 5) is 0. The van der Waals surface area contributed by atoms with Crippen molar-refractivity contribution in [3.05, 3.63) is 24.3 Å². The fourth-order valence-electron chi connectivity index (χ4n) is 1.59. The Balaban J connectivity index is 2.20. The summed E-state index contributed by atoms with van der Waals surface area (Å²) in [6.07, 6.45) is 4.91. The molecular formula is C14H23NO2. The summed E-state index contributed by atoms with van der Waals surface area (Å²) in [5, 5.41) is 11.8. The molecule has 0 radical (unpaired) electrons. The molecule has 17 heavy (non-hydrogen) atoms. The van der Waals surface area contributed by atoms with Gasteiger partial charge in [0.05, 0.1) is 13.2 Å². The van der Waals surface area contributed by atoms with Crippen molar-refractivity contribution in [2.75, 3.05) is 25.1 Å². The minimum absolute atomic E-state index is 0.148. The maximum atomic E-state index is 8.68. The Hall–Kier alpha value is -1.22. The maximum absolute atomic E-state index is 8.68. The first-order valence-electron chi connectivity index (χ1n) is 6.44. The second-order valence-electron chi connectivity index (χ2n) is 4.08. The minimum Gasteiger partial charge on any atom is -0.494 e. The van der Waals surface area contributed by atoms with Crippen LogP contribution in [0.15, 0.2) is 24.3 Å². The van der Waals surface area contributed by atoms with Crippen LogP contribution < -0.4 is 10.1 Å². The van der Waals surface area contributed by atoms with Gasteiger partial charge in [-0.25, -0.2) is 0 Å². The van der Waals surface area contributed by atoms with Gasteiger partial charge in [0, 0.05) is 12.2 Å². The average Bonchev–Trinajstić information content (AvgIpc) is 2.37. The molecule has 0 fully saturated rings. The third-order valence-electron chi connectivity index (χ3n) is 2.56. The van der Waals surface area contributed by atoms with Crippen LogP contribution in [0.4, 0.5) is 5.69 Å². The van der Waals surface area contributed by atoms with Crippen LogP contribution in [0, 0.1) is 0 Å². The molecule has 0 aliphatic heterocycles. The highest BCUT2D eigenvalue weighted by Crippen LogP contribution is 2.15. The second-order valence-corrected chi connectivity index (χ2v) is 4.08. The fraction of sp³-hybridized carbons (Fsp3) is 0.571. The molecule has 0 amide bonds. The van der Waals surface area contributed by atoms with Gasteiger partial charge in [-0.15, -0.1) is 0 Å². The molecule has 1 aromatic rings. The number of hydrogen-bond acceptors (Lipinski definition) is 3. The smallest absolute Gasteiger partial charge is 0.119 e. The van der Waals surface area contributed by atoms with E-state index in [4.69, 9.17) is 9.84 Å². The highest BCUT2D eigenvalue weighted by atomic mass is 16.5. The molecule has 0 atom stereocenters. The Kier molecular flexibility index (Phi) is 7.23. The minimum atomic E-state index is 0.148. The SMILES string of the molecule is CCCCCCOc1ccc(NCCO)cc1. The molecule has 0 saturated carbocycles. The van der Waals surface area contributed by atoms with Gasteiger partial charge in [0.15, 0.2) is 0 Å². The summed E-state index contributed by atoms with van der Waals surface area (Å²) in [6, 6.07) is 7.85. The quantitative estimate of drug-likeness (QED) is 0.649. The van der Waals surface area contributed by atoms with Crippen LogP contribution in [0.25, 0.3) is 0 Å². The van der Waals surface area contributed by atoms with E-state index in [-0.39, 0.29) is 6.61 Å². The van der Waals surface area contributed by atoms with Crippen molar-refractivity contribution in [3.63, 3.8) is 0 Å². The van der Waals surface area contributed by atoms with Crippen LogP contribution in [0.1, 0.15) is 32.6 Å². The molecule has 0 aliphatic rings. The predicted molar refractivity (Wildman–Crippen MR) is 71.7 cm³/mol. The Morgan fingerprint density at radius 3 is 2.53 bits per heavy atom. The summed E-state index contributed by atoms with van der Waals surface area (Å²) in [7, 11) is 0. The van der Waals surface area contributed by atoms with Gasteiger partial charge in [0.25, 0.3) is 0 Å². The second kappa shape index (κ2) is 8.88. The normalized spacial score (nSPS) is 10.2.